The number of aliphatic imine (C=N–C) groups is 2. The van der Waals surface area contributed by atoms with Crippen LogP contribution in [0.15, 0.2) is 70.9 Å². The Morgan fingerprint density at radius 3 is 1.65 bits per heavy atom. The first-order chi connectivity index (χ1) is 12.7. The monoisotopic (exact) mass is 346 g/mol. The van der Waals surface area contributed by atoms with Gasteiger partial charge in [-0.2, -0.15) is 0 Å². The van der Waals surface area contributed by atoms with E-state index in [1.165, 1.54) is 6.07 Å². The Hall–Kier alpha value is -3.54. The van der Waals surface area contributed by atoms with E-state index in [2.05, 4.69) is 20.0 Å². The Morgan fingerprint density at radius 2 is 1.23 bits per heavy atom. The van der Waals surface area contributed by atoms with Crippen molar-refractivity contribution >= 4 is 12.4 Å². The summed E-state index contributed by atoms with van der Waals surface area (Å²) < 4.78 is 0. The second-order valence-electron chi connectivity index (χ2n) is 5.55. The summed E-state index contributed by atoms with van der Waals surface area (Å²) in [6.45, 7) is 0.814. The highest BCUT2D eigenvalue weighted by Gasteiger charge is 2.06. The molecule has 2 N–H and O–H groups in total. The highest BCUT2D eigenvalue weighted by molar-refractivity contribution is 5.91. The summed E-state index contributed by atoms with van der Waals surface area (Å²) in [6, 6.07) is 14.1. The summed E-state index contributed by atoms with van der Waals surface area (Å²) >= 11 is 0. The Kier molecular flexibility index (Phi) is 5.67. The van der Waals surface area contributed by atoms with Crippen LogP contribution < -0.4 is 0 Å². The van der Waals surface area contributed by atoms with Crippen molar-refractivity contribution in [3.8, 4) is 11.5 Å². The summed E-state index contributed by atoms with van der Waals surface area (Å²) in [4.78, 5) is 17.0. The van der Waals surface area contributed by atoms with Crippen LogP contribution in [0.1, 0.15) is 22.5 Å². The van der Waals surface area contributed by atoms with Crippen molar-refractivity contribution in [3.05, 3.63) is 83.4 Å². The molecule has 3 rings (SSSR count). The lowest BCUT2D eigenvalue weighted by atomic mass is 10.1. The highest BCUT2D eigenvalue weighted by Crippen LogP contribution is 2.25. The van der Waals surface area contributed by atoms with Crippen LogP contribution in [-0.4, -0.2) is 32.6 Å². The number of nitrogens with zero attached hydrogens (tertiary/aromatic N) is 4. The summed E-state index contributed by atoms with van der Waals surface area (Å²) in [7, 11) is 0. The van der Waals surface area contributed by atoms with E-state index < -0.39 is 0 Å². The molecule has 2 heterocycles. The average molecular weight is 346 g/mol. The maximum Gasteiger partial charge on any atom is 0.128 e. The van der Waals surface area contributed by atoms with Crippen molar-refractivity contribution in [2.24, 2.45) is 9.98 Å². The van der Waals surface area contributed by atoms with Crippen molar-refractivity contribution < 1.29 is 10.2 Å². The predicted octanol–water partition coefficient (Wildman–Crippen LogP) is 3.13. The van der Waals surface area contributed by atoms with Crippen molar-refractivity contribution in [3.63, 3.8) is 0 Å². The van der Waals surface area contributed by atoms with E-state index in [0.29, 0.717) is 24.2 Å². The number of rotatable bonds is 6. The highest BCUT2D eigenvalue weighted by atomic mass is 16.3. The van der Waals surface area contributed by atoms with Crippen LogP contribution in [0.4, 0.5) is 0 Å². The van der Waals surface area contributed by atoms with Crippen LogP contribution in [0.5, 0.6) is 11.5 Å². The molecular formula is C20H18N4O2. The van der Waals surface area contributed by atoms with Gasteiger partial charge >= 0.3 is 0 Å². The van der Waals surface area contributed by atoms with Gasteiger partial charge in [-0.05, 0) is 30.3 Å². The molecule has 0 aliphatic heterocycles. The topological polar surface area (TPSA) is 91.0 Å². The molecule has 130 valence electrons. The Morgan fingerprint density at radius 1 is 0.731 bits per heavy atom. The predicted molar refractivity (Wildman–Crippen MR) is 101 cm³/mol. The number of phenols is 2. The zero-order valence-corrected chi connectivity index (χ0v) is 14.0. The number of aromatic nitrogens is 2. The molecule has 3 aromatic rings. The van der Waals surface area contributed by atoms with Crippen molar-refractivity contribution in [1.29, 1.82) is 0 Å². The number of pyridine rings is 2. The van der Waals surface area contributed by atoms with Gasteiger partial charge in [0.05, 0.1) is 24.5 Å². The SMILES string of the molecule is Oc1cc(O)c(C=NCc2ccccn2)cc1C=NCc1ccccn1. The Labute approximate surface area is 151 Å². The number of phenolic OH excluding ortho intramolecular Hbond substituents is 2. The maximum absolute atomic E-state index is 10.00. The smallest absolute Gasteiger partial charge is 0.128 e. The molecule has 0 unspecified atom stereocenters. The fourth-order valence-corrected chi connectivity index (χ4v) is 2.28. The molecule has 0 aliphatic rings. The van der Waals surface area contributed by atoms with E-state index >= 15 is 0 Å². The molecule has 6 heteroatoms. The van der Waals surface area contributed by atoms with Gasteiger partial charge < -0.3 is 10.2 Å². The van der Waals surface area contributed by atoms with Gasteiger partial charge in [0.15, 0.2) is 0 Å². The average Bonchev–Trinajstić information content (AvgIpc) is 2.66. The normalized spacial score (nSPS) is 11.4. The first-order valence-corrected chi connectivity index (χ1v) is 8.08. The van der Waals surface area contributed by atoms with E-state index in [1.54, 1.807) is 30.9 Å². The Balaban J connectivity index is 1.72. The lowest BCUT2D eigenvalue weighted by Gasteiger charge is -2.04. The lowest BCUT2D eigenvalue weighted by Crippen LogP contribution is -1.92. The summed E-state index contributed by atoms with van der Waals surface area (Å²) in [5.41, 5.74) is 2.66. The van der Waals surface area contributed by atoms with Crippen molar-refractivity contribution in [2.45, 2.75) is 13.1 Å². The zero-order valence-electron chi connectivity index (χ0n) is 14.0. The lowest BCUT2D eigenvalue weighted by molar-refractivity contribution is 0.449. The standard InChI is InChI=1S/C20H18N4O2/c25-19-10-20(26)16(12-22-14-18-6-2-4-8-24-18)9-15(19)11-21-13-17-5-1-3-7-23-17/h1-12,25-26H,13-14H2. The first kappa shape index (κ1) is 17.3. The minimum absolute atomic E-state index is 0.0471. The van der Waals surface area contributed by atoms with E-state index in [4.69, 9.17) is 0 Å². The van der Waals surface area contributed by atoms with Crippen LogP contribution in [0, 0.1) is 0 Å². The fourth-order valence-electron chi connectivity index (χ4n) is 2.28. The zero-order chi connectivity index (χ0) is 18.2. The molecule has 0 aliphatic carbocycles. The molecule has 6 nitrogen and oxygen atoms in total. The van der Waals surface area contributed by atoms with Gasteiger partial charge in [-0.15, -0.1) is 0 Å². The van der Waals surface area contributed by atoms with Gasteiger partial charge in [-0.1, -0.05) is 12.1 Å². The molecule has 26 heavy (non-hydrogen) atoms. The largest absolute Gasteiger partial charge is 0.507 e. The second kappa shape index (κ2) is 8.53. The van der Waals surface area contributed by atoms with E-state index in [0.717, 1.165) is 11.4 Å². The summed E-state index contributed by atoms with van der Waals surface area (Å²) in [5.74, 6) is -0.0942. The molecule has 0 bridgehead atoms. The molecule has 0 radical (unpaired) electrons. The van der Waals surface area contributed by atoms with Gasteiger partial charge in [-0.3, -0.25) is 20.0 Å². The number of benzene rings is 1. The second-order valence-corrected chi connectivity index (χ2v) is 5.55. The molecule has 0 amide bonds. The quantitative estimate of drug-likeness (QED) is 0.671. The van der Waals surface area contributed by atoms with E-state index in [-0.39, 0.29) is 11.5 Å². The van der Waals surface area contributed by atoms with Crippen LogP contribution >= 0.6 is 0 Å². The molecule has 0 saturated heterocycles. The van der Waals surface area contributed by atoms with Crippen LogP contribution in [-0.2, 0) is 13.1 Å². The Bertz CT molecular complexity index is 837. The van der Waals surface area contributed by atoms with Gasteiger partial charge in [0.2, 0.25) is 0 Å². The third-order valence-electron chi connectivity index (χ3n) is 3.60. The van der Waals surface area contributed by atoms with E-state index in [1.807, 2.05) is 36.4 Å². The van der Waals surface area contributed by atoms with Crippen LogP contribution in [0.3, 0.4) is 0 Å². The molecule has 0 spiro atoms. The number of aromatic hydroxyl groups is 2. The fraction of sp³-hybridized carbons (Fsp3) is 0.100. The van der Waals surface area contributed by atoms with Gasteiger partial charge in [-0.25, -0.2) is 0 Å². The minimum Gasteiger partial charge on any atom is -0.507 e. The van der Waals surface area contributed by atoms with Crippen molar-refractivity contribution in [1.82, 2.24) is 9.97 Å². The molecule has 1 aromatic carbocycles. The first-order valence-electron chi connectivity index (χ1n) is 8.08. The van der Waals surface area contributed by atoms with Crippen molar-refractivity contribution in [2.75, 3.05) is 0 Å². The van der Waals surface area contributed by atoms with E-state index in [9.17, 15) is 10.2 Å². The molecule has 2 aromatic heterocycles. The van der Waals surface area contributed by atoms with Gasteiger partial charge in [0.25, 0.3) is 0 Å². The summed E-state index contributed by atoms with van der Waals surface area (Å²) in [6.07, 6.45) is 6.52. The molecular weight excluding hydrogens is 328 g/mol. The maximum atomic E-state index is 10.00. The van der Waals surface area contributed by atoms with Crippen LogP contribution in [0.25, 0.3) is 0 Å². The third kappa shape index (κ3) is 4.73. The third-order valence-corrected chi connectivity index (χ3v) is 3.60. The number of hydrogen-bond donors (Lipinski definition) is 2. The molecule has 0 atom stereocenters. The molecule has 0 saturated carbocycles. The molecule has 0 fully saturated rings. The minimum atomic E-state index is -0.0471. The number of hydrogen-bond acceptors (Lipinski definition) is 6. The van der Waals surface area contributed by atoms with Crippen LogP contribution in [0.2, 0.25) is 0 Å². The van der Waals surface area contributed by atoms with Gasteiger partial charge in [0, 0.05) is 42.0 Å². The van der Waals surface area contributed by atoms with Gasteiger partial charge in [0.1, 0.15) is 11.5 Å². The summed E-state index contributed by atoms with van der Waals surface area (Å²) in [5, 5.41) is 20.0.